The molecule has 0 atom stereocenters. The van der Waals surface area contributed by atoms with Crippen LogP contribution in [-0.2, 0) is 11.3 Å². The van der Waals surface area contributed by atoms with Crippen molar-refractivity contribution >= 4 is 23.5 Å². The van der Waals surface area contributed by atoms with E-state index in [0.717, 1.165) is 11.3 Å². The summed E-state index contributed by atoms with van der Waals surface area (Å²) < 4.78 is 10.5. The molecule has 0 unspecified atom stereocenters. The highest BCUT2D eigenvalue weighted by molar-refractivity contribution is 5.97. The highest BCUT2D eigenvalue weighted by atomic mass is 16.5. The van der Waals surface area contributed by atoms with Gasteiger partial charge in [0, 0.05) is 30.4 Å². The molecular formula is C21H25N5O4. The number of hydrogen-bond acceptors (Lipinski definition) is 5. The van der Waals surface area contributed by atoms with Crippen LogP contribution in [0.3, 0.4) is 0 Å². The molecule has 9 heteroatoms. The molecule has 0 aliphatic carbocycles. The molecule has 1 aliphatic rings. The summed E-state index contributed by atoms with van der Waals surface area (Å²) in [5.74, 6) is 1.16. The summed E-state index contributed by atoms with van der Waals surface area (Å²) in [7, 11) is 3.14. The van der Waals surface area contributed by atoms with Gasteiger partial charge in [0.2, 0.25) is 5.91 Å². The van der Waals surface area contributed by atoms with E-state index in [0.29, 0.717) is 36.7 Å². The van der Waals surface area contributed by atoms with Gasteiger partial charge in [-0.1, -0.05) is 12.1 Å². The van der Waals surface area contributed by atoms with Crippen LogP contribution < -0.4 is 25.8 Å². The van der Waals surface area contributed by atoms with Crippen LogP contribution in [-0.4, -0.2) is 56.5 Å². The number of carbonyl (C=O) groups is 2. The number of aliphatic imine (C=N–C) groups is 1. The molecule has 0 bridgehead atoms. The second-order valence-electron chi connectivity index (χ2n) is 6.67. The van der Waals surface area contributed by atoms with Crippen LogP contribution in [0.15, 0.2) is 47.5 Å². The molecule has 0 radical (unpaired) electrons. The first kappa shape index (κ1) is 21.0. The minimum atomic E-state index is -0.158. The maximum absolute atomic E-state index is 12.5. The Morgan fingerprint density at radius 1 is 1.17 bits per heavy atom. The first-order valence-electron chi connectivity index (χ1n) is 9.44. The van der Waals surface area contributed by atoms with E-state index < -0.39 is 0 Å². The quantitative estimate of drug-likeness (QED) is 0.486. The molecule has 9 nitrogen and oxygen atoms in total. The Balaban J connectivity index is 1.59. The molecule has 0 aromatic heterocycles. The third-order valence-electron chi connectivity index (χ3n) is 4.61. The van der Waals surface area contributed by atoms with E-state index in [1.165, 1.54) is 4.90 Å². The highest BCUT2D eigenvalue weighted by Crippen LogP contribution is 2.29. The van der Waals surface area contributed by atoms with Crippen molar-refractivity contribution in [2.75, 3.05) is 39.2 Å². The fraction of sp³-hybridized carbons (Fsp3) is 0.286. The Morgan fingerprint density at radius 3 is 2.57 bits per heavy atom. The molecule has 4 N–H and O–H groups in total. The molecular weight excluding hydrogens is 386 g/mol. The molecule has 1 fully saturated rings. The van der Waals surface area contributed by atoms with Crippen LogP contribution in [0, 0.1) is 0 Å². The van der Waals surface area contributed by atoms with E-state index in [2.05, 4.69) is 15.6 Å². The summed E-state index contributed by atoms with van der Waals surface area (Å²) in [6, 6.07) is 12.5. The lowest BCUT2D eigenvalue weighted by Gasteiger charge is -2.26. The van der Waals surface area contributed by atoms with Crippen molar-refractivity contribution in [3.05, 3.63) is 53.6 Å². The van der Waals surface area contributed by atoms with Crippen LogP contribution in [0.25, 0.3) is 0 Å². The first-order valence-corrected chi connectivity index (χ1v) is 9.44. The van der Waals surface area contributed by atoms with Crippen molar-refractivity contribution in [1.82, 2.24) is 10.2 Å². The molecule has 2 aromatic rings. The van der Waals surface area contributed by atoms with Crippen LogP contribution in [0.4, 0.5) is 5.69 Å². The van der Waals surface area contributed by atoms with E-state index in [4.69, 9.17) is 15.2 Å². The average Bonchev–Trinajstić information content (AvgIpc) is 2.77. The number of hydrogen-bond donors (Lipinski definition) is 3. The number of rotatable bonds is 6. The fourth-order valence-electron chi connectivity index (χ4n) is 3.03. The third-order valence-corrected chi connectivity index (χ3v) is 4.61. The second kappa shape index (κ2) is 9.64. The maximum atomic E-state index is 12.5. The molecule has 158 valence electrons. The van der Waals surface area contributed by atoms with Crippen molar-refractivity contribution in [1.29, 1.82) is 0 Å². The van der Waals surface area contributed by atoms with Gasteiger partial charge in [-0.05, 0) is 29.8 Å². The van der Waals surface area contributed by atoms with Crippen molar-refractivity contribution < 1.29 is 19.1 Å². The van der Waals surface area contributed by atoms with Gasteiger partial charge in [-0.15, -0.1) is 0 Å². The fourth-order valence-corrected chi connectivity index (χ4v) is 3.03. The summed E-state index contributed by atoms with van der Waals surface area (Å²) >= 11 is 0. The Hall–Kier alpha value is -3.75. The van der Waals surface area contributed by atoms with Gasteiger partial charge < -0.3 is 30.7 Å². The Kier molecular flexibility index (Phi) is 6.74. The predicted molar refractivity (Wildman–Crippen MR) is 114 cm³/mol. The number of piperazine rings is 1. The molecule has 2 amide bonds. The lowest BCUT2D eigenvalue weighted by Crippen LogP contribution is -2.49. The summed E-state index contributed by atoms with van der Waals surface area (Å²) in [6.45, 7) is 1.43. The van der Waals surface area contributed by atoms with Crippen molar-refractivity contribution in [3.8, 4) is 11.5 Å². The standard InChI is InChI=1S/C21H25N5O4/c1-29-17-8-7-16(11-18(17)30-2)25-21(22)24-12-14-3-5-15(6-4-14)20(28)26-10-9-23-19(27)13-26/h3-8,11H,9-10,12-13H2,1-2H3,(H,23,27)(H3,22,24,25). The zero-order valence-electron chi connectivity index (χ0n) is 17.0. The maximum Gasteiger partial charge on any atom is 0.254 e. The van der Waals surface area contributed by atoms with Crippen LogP contribution in [0.5, 0.6) is 11.5 Å². The molecule has 0 saturated carbocycles. The first-order chi connectivity index (χ1) is 14.5. The zero-order valence-corrected chi connectivity index (χ0v) is 17.0. The van der Waals surface area contributed by atoms with Gasteiger partial charge in [-0.3, -0.25) is 9.59 Å². The van der Waals surface area contributed by atoms with Crippen LogP contribution in [0.1, 0.15) is 15.9 Å². The van der Waals surface area contributed by atoms with Gasteiger partial charge in [0.1, 0.15) is 0 Å². The minimum Gasteiger partial charge on any atom is -0.493 e. The van der Waals surface area contributed by atoms with Crippen LogP contribution in [0.2, 0.25) is 0 Å². The highest BCUT2D eigenvalue weighted by Gasteiger charge is 2.22. The van der Waals surface area contributed by atoms with Crippen LogP contribution >= 0.6 is 0 Å². The number of anilines is 1. The smallest absolute Gasteiger partial charge is 0.254 e. The van der Waals surface area contributed by atoms with E-state index in [1.807, 2.05) is 18.2 Å². The topological polar surface area (TPSA) is 118 Å². The molecule has 1 saturated heterocycles. The zero-order chi connectivity index (χ0) is 21.5. The van der Waals surface area contributed by atoms with E-state index in [9.17, 15) is 9.59 Å². The van der Waals surface area contributed by atoms with Crippen molar-refractivity contribution in [3.63, 3.8) is 0 Å². The summed E-state index contributed by atoms with van der Waals surface area (Å²) in [5.41, 5.74) is 8.13. The van der Waals surface area contributed by atoms with Gasteiger partial charge in [-0.2, -0.15) is 0 Å². The Labute approximate surface area is 174 Å². The number of nitrogens with one attached hydrogen (secondary N) is 2. The summed E-state index contributed by atoms with van der Waals surface area (Å²) in [4.78, 5) is 29.8. The van der Waals surface area contributed by atoms with Gasteiger partial charge in [0.25, 0.3) is 5.91 Å². The summed E-state index contributed by atoms with van der Waals surface area (Å²) in [5, 5.41) is 5.71. The number of nitrogens with two attached hydrogens (primary N) is 1. The van der Waals surface area contributed by atoms with Gasteiger partial charge in [0.15, 0.2) is 17.5 Å². The molecule has 1 heterocycles. The molecule has 3 rings (SSSR count). The minimum absolute atomic E-state index is 0.0865. The van der Waals surface area contributed by atoms with Gasteiger partial charge in [0.05, 0.1) is 27.3 Å². The number of carbonyl (C=O) groups excluding carboxylic acids is 2. The Bertz CT molecular complexity index is 943. The Morgan fingerprint density at radius 2 is 1.90 bits per heavy atom. The molecule has 1 aliphatic heterocycles. The van der Waals surface area contributed by atoms with Crippen molar-refractivity contribution in [2.45, 2.75) is 6.54 Å². The SMILES string of the molecule is COc1ccc(NC(N)=NCc2ccc(C(=O)N3CCNC(=O)C3)cc2)cc1OC. The largest absolute Gasteiger partial charge is 0.493 e. The van der Waals surface area contributed by atoms with E-state index >= 15 is 0 Å². The number of amides is 2. The van der Waals surface area contributed by atoms with Gasteiger partial charge >= 0.3 is 0 Å². The third kappa shape index (κ3) is 5.19. The number of guanidine groups is 1. The van der Waals surface area contributed by atoms with Gasteiger partial charge in [-0.25, -0.2) is 4.99 Å². The normalized spacial score (nSPS) is 14.1. The van der Waals surface area contributed by atoms with Crippen molar-refractivity contribution in [2.24, 2.45) is 10.7 Å². The number of methoxy groups -OCH3 is 2. The number of benzene rings is 2. The molecule has 2 aromatic carbocycles. The second-order valence-corrected chi connectivity index (χ2v) is 6.67. The monoisotopic (exact) mass is 411 g/mol. The molecule has 30 heavy (non-hydrogen) atoms. The lowest BCUT2D eigenvalue weighted by molar-refractivity contribution is -0.123. The van der Waals surface area contributed by atoms with E-state index in [-0.39, 0.29) is 24.3 Å². The molecule has 0 spiro atoms. The lowest BCUT2D eigenvalue weighted by atomic mass is 10.1. The van der Waals surface area contributed by atoms with E-state index in [1.54, 1.807) is 38.5 Å². The number of nitrogens with zero attached hydrogens (tertiary/aromatic N) is 2. The predicted octanol–water partition coefficient (Wildman–Crippen LogP) is 1.20. The number of ether oxygens (including phenoxy) is 2. The summed E-state index contributed by atoms with van der Waals surface area (Å²) in [6.07, 6.45) is 0. The average molecular weight is 411 g/mol.